The lowest BCUT2D eigenvalue weighted by Gasteiger charge is -2.19. The van der Waals surface area contributed by atoms with E-state index < -0.39 is 0 Å². The van der Waals surface area contributed by atoms with Crippen LogP contribution in [0.3, 0.4) is 0 Å². The number of fused-ring (bicyclic) bond motifs is 4. The van der Waals surface area contributed by atoms with E-state index in [1.807, 2.05) is 24.3 Å². The van der Waals surface area contributed by atoms with Gasteiger partial charge in [-0.3, -0.25) is 4.99 Å². The van der Waals surface area contributed by atoms with Gasteiger partial charge in [-0.05, 0) is 141 Å². The first kappa shape index (κ1) is 39.9. The normalized spacial score (nSPS) is 11.9. The summed E-state index contributed by atoms with van der Waals surface area (Å²) >= 11 is 0. The second-order valence-electron chi connectivity index (χ2n) is 16.5. The van der Waals surface area contributed by atoms with Gasteiger partial charge in [0.2, 0.25) is 0 Å². The fraction of sp³-hybridized carbons (Fsp3) is 0. The number of nitrogens with zero attached hydrogens (tertiary/aromatic N) is 2. The van der Waals surface area contributed by atoms with Crippen molar-refractivity contribution in [2.45, 2.75) is 0 Å². The zero-order valence-corrected chi connectivity index (χ0v) is 36.2. The minimum Gasteiger partial charge on any atom is -0.265 e. The number of hydrogen-bond acceptors (Lipinski definition) is 1. The van der Waals surface area contributed by atoms with Crippen LogP contribution in [0, 0.1) is 6.57 Å². The van der Waals surface area contributed by atoms with E-state index in [0.29, 0.717) is 5.69 Å². The smallest absolute Gasteiger partial charge is 0.187 e. The van der Waals surface area contributed by atoms with Crippen LogP contribution in [0.1, 0.15) is 33.4 Å². The second kappa shape index (κ2) is 17.3. The Balaban J connectivity index is 1.08. The van der Waals surface area contributed by atoms with Gasteiger partial charge in [0.05, 0.1) is 12.3 Å². The van der Waals surface area contributed by atoms with Crippen molar-refractivity contribution in [1.29, 1.82) is 0 Å². The molecule has 0 aliphatic heterocycles. The maximum absolute atomic E-state index is 7.55. The third kappa shape index (κ3) is 7.25. The Morgan fingerprint density at radius 2 is 0.652 bits per heavy atom. The maximum Gasteiger partial charge on any atom is 0.187 e. The summed E-state index contributed by atoms with van der Waals surface area (Å²) in [6, 6.07) is 82.0. The van der Waals surface area contributed by atoms with Crippen LogP contribution in [0.25, 0.3) is 93.5 Å². The van der Waals surface area contributed by atoms with Crippen molar-refractivity contribution in [3.8, 4) is 22.3 Å². The van der Waals surface area contributed by atoms with Crippen molar-refractivity contribution in [1.82, 2.24) is 0 Å². The fourth-order valence-electron chi connectivity index (χ4n) is 9.71. The molecule has 0 N–H and O–H groups in total. The molecule has 308 valence electrons. The average Bonchev–Trinajstić information content (AvgIpc) is 3.39. The fourth-order valence-corrected chi connectivity index (χ4v) is 9.71. The summed E-state index contributed by atoms with van der Waals surface area (Å²) < 4.78 is 0. The molecule has 0 spiro atoms. The highest BCUT2D eigenvalue weighted by molar-refractivity contribution is 6.21. The van der Waals surface area contributed by atoms with Crippen LogP contribution >= 0.6 is 0 Å². The Kier molecular flexibility index (Phi) is 10.5. The van der Waals surface area contributed by atoms with E-state index >= 15 is 0 Å². The van der Waals surface area contributed by atoms with E-state index in [4.69, 9.17) is 6.57 Å². The van der Waals surface area contributed by atoms with Crippen molar-refractivity contribution in [3.63, 3.8) is 0 Å². The van der Waals surface area contributed by atoms with E-state index in [0.717, 1.165) is 44.7 Å². The molecular weight excluding hydrogens is 797 g/mol. The zero-order valence-electron chi connectivity index (χ0n) is 36.2. The van der Waals surface area contributed by atoms with E-state index in [2.05, 4.69) is 235 Å². The molecule has 2 nitrogen and oxygen atoms in total. The highest BCUT2D eigenvalue weighted by Gasteiger charge is 2.19. The number of aliphatic imine (C=N–C) groups is 1. The Bertz CT molecular complexity index is 3610. The Morgan fingerprint density at radius 1 is 0.348 bits per heavy atom. The first-order valence-corrected chi connectivity index (χ1v) is 22.2. The maximum atomic E-state index is 7.55. The predicted octanol–water partition coefficient (Wildman–Crippen LogP) is 17.7. The van der Waals surface area contributed by atoms with E-state index in [9.17, 15) is 0 Å². The second-order valence-corrected chi connectivity index (χ2v) is 16.5. The first-order chi connectivity index (χ1) is 32.7. The van der Waals surface area contributed by atoms with Crippen LogP contribution in [-0.2, 0) is 0 Å². The quantitative estimate of drug-likeness (QED) is 0.0596. The molecule has 0 unspecified atom stereocenters. The molecule has 66 heavy (non-hydrogen) atoms. The van der Waals surface area contributed by atoms with E-state index in [1.54, 1.807) is 0 Å². The van der Waals surface area contributed by atoms with Gasteiger partial charge in [-0.15, -0.1) is 0 Å². The zero-order chi connectivity index (χ0) is 44.4. The van der Waals surface area contributed by atoms with Gasteiger partial charge in [-0.1, -0.05) is 218 Å². The topological polar surface area (TPSA) is 16.7 Å². The molecule has 0 atom stereocenters. The van der Waals surface area contributed by atoms with Crippen LogP contribution in [0.2, 0.25) is 0 Å². The molecule has 11 aromatic carbocycles. The number of rotatable bonds is 9. The third-order valence-corrected chi connectivity index (χ3v) is 12.8. The predicted molar refractivity (Wildman–Crippen MR) is 283 cm³/mol. The van der Waals surface area contributed by atoms with Crippen LogP contribution in [0.15, 0.2) is 236 Å². The van der Waals surface area contributed by atoms with E-state index in [-0.39, 0.29) is 0 Å². The average molecular weight is 839 g/mol. The summed E-state index contributed by atoms with van der Waals surface area (Å²) in [5.41, 5.74) is 15.3. The SMILES string of the molecule is [C-]#[N+]c1ccc(/C(=C\c2c3ccccc3c(-c3ccc(-c4c5ccccc5c(/C=C(/c5ccccc5)c5ccc(N=C)cc5)c5ccccc45)cc3)c3ccccc23)c2ccccc2)cc1. The van der Waals surface area contributed by atoms with Gasteiger partial charge in [0, 0.05) is 0 Å². The summed E-state index contributed by atoms with van der Waals surface area (Å²) in [5, 5.41) is 9.58. The molecular formula is C64H42N2. The molecule has 0 aliphatic carbocycles. The Labute approximate surface area is 385 Å². The number of benzene rings is 11. The van der Waals surface area contributed by atoms with E-state index in [1.165, 1.54) is 70.9 Å². The van der Waals surface area contributed by atoms with Gasteiger partial charge in [-0.25, -0.2) is 4.85 Å². The van der Waals surface area contributed by atoms with Crippen molar-refractivity contribution in [3.05, 3.63) is 275 Å². The summed E-state index contributed by atoms with van der Waals surface area (Å²) in [4.78, 5) is 7.81. The van der Waals surface area contributed by atoms with Crippen molar-refractivity contribution < 1.29 is 0 Å². The Hall–Kier alpha value is -8.90. The molecule has 0 fully saturated rings. The lowest BCUT2D eigenvalue weighted by Crippen LogP contribution is -1.93. The van der Waals surface area contributed by atoms with Gasteiger partial charge < -0.3 is 0 Å². The summed E-state index contributed by atoms with van der Waals surface area (Å²) in [5.74, 6) is 0. The molecule has 0 amide bonds. The molecule has 11 aromatic rings. The van der Waals surface area contributed by atoms with Crippen LogP contribution in [-0.4, -0.2) is 6.72 Å². The lowest BCUT2D eigenvalue weighted by molar-refractivity contribution is 1.51. The molecule has 0 aliphatic rings. The van der Waals surface area contributed by atoms with Crippen molar-refractivity contribution in [2.75, 3.05) is 0 Å². The van der Waals surface area contributed by atoms with Gasteiger partial charge in [0.15, 0.2) is 5.69 Å². The summed E-state index contributed by atoms with van der Waals surface area (Å²) in [6.45, 7) is 11.3. The van der Waals surface area contributed by atoms with Gasteiger partial charge in [-0.2, -0.15) is 0 Å². The highest BCUT2D eigenvalue weighted by atomic mass is 14.7. The standard InChI is InChI=1S/C64H42N2/c1-65-49-37-33-45(34-38-49)59(43-17-5-3-6-18-43)41-61-51-21-9-13-25-55(51)63(56-26-14-10-22-52(56)61)47-29-31-48(32-30-47)64-57-27-15-11-23-53(57)62(54-24-12-16-28-58(54)64)42-60(44-19-7-4-8-20-44)46-35-39-50(66-2)40-36-46/h3-42H,1H2/b59-41-,60-42-. The summed E-state index contributed by atoms with van der Waals surface area (Å²) in [7, 11) is 0. The van der Waals surface area contributed by atoms with Crippen molar-refractivity contribution >= 4 is 84.5 Å². The molecule has 0 saturated heterocycles. The molecule has 2 heteroatoms. The molecule has 0 aromatic heterocycles. The minimum atomic E-state index is 0.630. The molecule has 11 rings (SSSR count). The molecule has 0 saturated carbocycles. The summed E-state index contributed by atoms with van der Waals surface area (Å²) in [6.07, 6.45) is 4.71. The van der Waals surface area contributed by atoms with Gasteiger partial charge in [0.25, 0.3) is 0 Å². The van der Waals surface area contributed by atoms with Gasteiger partial charge in [0.1, 0.15) is 0 Å². The molecule has 0 bridgehead atoms. The minimum absolute atomic E-state index is 0.630. The number of hydrogen-bond donors (Lipinski definition) is 0. The lowest BCUT2D eigenvalue weighted by atomic mass is 9.84. The van der Waals surface area contributed by atoms with Crippen LogP contribution in [0.4, 0.5) is 11.4 Å². The monoisotopic (exact) mass is 838 g/mol. The van der Waals surface area contributed by atoms with Crippen LogP contribution in [0.5, 0.6) is 0 Å². The van der Waals surface area contributed by atoms with Crippen molar-refractivity contribution in [2.24, 2.45) is 4.99 Å². The highest BCUT2D eigenvalue weighted by Crippen LogP contribution is 2.45. The Morgan fingerprint density at radius 3 is 0.985 bits per heavy atom. The third-order valence-electron chi connectivity index (χ3n) is 12.8. The van der Waals surface area contributed by atoms with Gasteiger partial charge >= 0.3 is 0 Å². The van der Waals surface area contributed by atoms with Crippen LogP contribution < -0.4 is 0 Å². The largest absolute Gasteiger partial charge is 0.265 e. The first-order valence-electron chi connectivity index (χ1n) is 22.2. The molecule has 0 radical (unpaired) electrons. The molecule has 0 heterocycles.